The lowest BCUT2D eigenvalue weighted by Crippen LogP contribution is -2.30. The standard InChI is InChI=1S/C57H104O6/c1-4-7-10-13-16-19-22-24-26-27-28-29-31-33-36-39-42-45-48-51-57(60)63-54(52-61-55(58)49-46-43-40-37-34-21-18-15-12-9-6-3)53-62-56(59)50-47-44-41-38-35-32-30-25-23-20-17-14-11-8-5-2/h15,17-18,20,25,30,54H,4-14,16,19,21-24,26-29,31-53H2,1-3H3/b18-15-,20-17-,30-25-/t54-/m0/s1. The summed E-state index contributed by atoms with van der Waals surface area (Å²) in [5.41, 5.74) is 0. The minimum atomic E-state index is -0.777. The Morgan fingerprint density at radius 3 is 0.968 bits per heavy atom. The summed E-state index contributed by atoms with van der Waals surface area (Å²) in [5.74, 6) is -0.888. The van der Waals surface area contributed by atoms with Gasteiger partial charge in [-0.25, -0.2) is 0 Å². The van der Waals surface area contributed by atoms with Crippen molar-refractivity contribution in [2.75, 3.05) is 13.2 Å². The van der Waals surface area contributed by atoms with Crippen LogP contribution in [0.3, 0.4) is 0 Å². The third kappa shape index (κ3) is 50.5. The van der Waals surface area contributed by atoms with Crippen molar-refractivity contribution >= 4 is 17.9 Å². The van der Waals surface area contributed by atoms with Crippen molar-refractivity contribution in [1.82, 2.24) is 0 Å². The maximum Gasteiger partial charge on any atom is 0.306 e. The first-order valence-corrected chi connectivity index (χ1v) is 27.5. The molecule has 0 aliphatic carbocycles. The maximum atomic E-state index is 12.8. The number of rotatable bonds is 50. The number of esters is 3. The van der Waals surface area contributed by atoms with Crippen LogP contribution < -0.4 is 0 Å². The highest BCUT2D eigenvalue weighted by Crippen LogP contribution is 2.16. The summed E-state index contributed by atoms with van der Waals surface area (Å²) in [7, 11) is 0. The van der Waals surface area contributed by atoms with Gasteiger partial charge in [-0.05, 0) is 70.6 Å². The molecule has 6 nitrogen and oxygen atoms in total. The van der Waals surface area contributed by atoms with Crippen molar-refractivity contribution < 1.29 is 28.6 Å². The first kappa shape index (κ1) is 60.6. The van der Waals surface area contributed by atoms with Crippen molar-refractivity contribution in [1.29, 1.82) is 0 Å². The largest absolute Gasteiger partial charge is 0.462 e. The Morgan fingerprint density at radius 1 is 0.317 bits per heavy atom. The van der Waals surface area contributed by atoms with Crippen LogP contribution in [0.1, 0.15) is 290 Å². The molecular weight excluding hydrogens is 781 g/mol. The summed E-state index contributed by atoms with van der Waals surface area (Å²) in [6.07, 6.45) is 61.3. The van der Waals surface area contributed by atoms with Gasteiger partial charge in [0.1, 0.15) is 13.2 Å². The Hall–Kier alpha value is -2.37. The number of hydrogen-bond acceptors (Lipinski definition) is 6. The highest BCUT2D eigenvalue weighted by molar-refractivity contribution is 5.71. The SMILES string of the molecule is CCCC/C=C\CCCCCCCC(=O)OC[C@@H](COC(=O)CCCCCCC/C=C\C/C=C\CCCCC)OC(=O)CCCCCCCCCCCCCCCCCCCCC. The summed E-state index contributed by atoms with van der Waals surface area (Å²) in [5, 5.41) is 0. The molecule has 1 atom stereocenters. The summed E-state index contributed by atoms with van der Waals surface area (Å²) in [6.45, 7) is 6.59. The number of carbonyl (C=O) groups excluding carboxylic acids is 3. The second-order valence-corrected chi connectivity index (χ2v) is 18.5. The molecule has 0 fully saturated rings. The molecule has 63 heavy (non-hydrogen) atoms. The highest BCUT2D eigenvalue weighted by atomic mass is 16.6. The molecule has 0 N–H and O–H groups in total. The molecule has 0 aromatic rings. The van der Waals surface area contributed by atoms with Gasteiger partial charge >= 0.3 is 17.9 Å². The Balaban J connectivity index is 4.32. The monoisotopic (exact) mass is 885 g/mol. The van der Waals surface area contributed by atoms with Gasteiger partial charge < -0.3 is 14.2 Å². The van der Waals surface area contributed by atoms with Gasteiger partial charge in [0.2, 0.25) is 0 Å². The first-order chi connectivity index (χ1) is 31.0. The fraction of sp³-hybridized carbons (Fsp3) is 0.842. The summed E-state index contributed by atoms with van der Waals surface area (Å²) < 4.78 is 16.8. The zero-order chi connectivity index (χ0) is 45.8. The lowest BCUT2D eigenvalue weighted by molar-refractivity contribution is -0.167. The zero-order valence-electron chi connectivity index (χ0n) is 42.1. The molecular formula is C57H104O6. The molecule has 0 heterocycles. The van der Waals surface area contributed by atoms with Crippen LogP contribution in [-0.2, 0) is 28.6 Å². The van der Waals surface area contributed by atoms with Gasteiger partial charge in [-0.15, -0.1) is 0 Å². The van der Waals surface area contributed by atoms with Gasteiger partial charge in [-0.2, -0.15) is 0 Å². The summed E-state index contributed by atoms with van der Waals surface area (Å²) >= 11 is 0. The van der Waals surface area contributed by atoms with E-state index in [9.17, 15) is 14.4 Å². The smallest absolute Gasteiger partial charge is 0.306 e. The molecule has 0 unspecified atom stereocenters. The number of carbonyl (C=O) groups is 3. The Kier molecular flexibility index (Phi) is 50.3. The topological polar surface area (TPSA) is 78.9 Å². The van der Waals surface area contributed by atoms with Crippen molar-refractivity contribution in [3.8, 4) is 0 Å². The second kappa shape index (κ2) is 52.3. The van der Waals surface area contributed by atoms with Gasteiger partial charge in [-0.3, -0.25) is 14.4 Å². The second-order valence-electron chi connectivity index (χ2n) is 18.5. The Labute approximate surface area is 391 Å². The number of ether oxygens (including phenoxy) is 3. The van der Waals surface area contributed by atoms with Crippen LogP contribution in [0.5, 0.6) is 0 Å². The normalized spacial score (nSPS) is 12.2. The average Bonchev–Trinajstić information content (AvgIpc) is 3.28. The Morgan fingerprint density at radius 2 is 0.587 bits per heavy atom. The van der Waals surface area contributed by atoms with E-state index < -0.39 is 6.10 Å². The van der Waals surface area contributed by atoms with Crippen LogP contribution in [0.2, 0.25) is 0 Å². The van der Waals surface area contributed by atoms with E-state index in [4.69, 9.17) is 14.2 Å². The minimum Gasteiger partial charge on any atom is -0.462 e. The van der Waals surface area contributed by atoms with Crippen LogP contribution in [-0.4, -0.2) is 37.2 Å². The van der Waals surface area contributed by atoms with E-state index in [1.807, 2.05) is 0 Å². The predicted octanol–water partition coefficient (Wildman–Crippen LogP) is 18.1. The summed E-state index contributed by atoms with van der Waals surface area (Å²) in [6, 6.07) is 0. The van der Waals surface area contributed by atoms with Crippen LogP contribution >= 0.6 is 0 Å². The third-order valence-electron chi connectivity index (χ3n) is 12.1. The predicted molar refractivity (Wildman–Crippen MR) is 270 cm³/mol. The summed E-state index contributed by atoms with van der Waals surface area (Å²) in [4.78, 5) is 38.0. The van der Waals surface area contributed by atoms with Crippen LogP contribution in [0.15, 0.2) is 36.5 Å². The maximum absolute atomic E-state index is 12.8. The van der Waals surface area contributed by atoms with E-state index in [0.29, 0.717) is 19.3 Å². The molecule has 0 saturated heterocycles. The van der Waals surface area contributed by atoms with Gasteiger partial charge in [0.05, 0.1) is 0 Å². The molecule has 0 aromatic heterocycles. The van der Waals surface area contributed by atoms with Crippen LogP contribution in [0.25, 0.3) is 0 Å². The van der Waals surface area contributed by atoms with E-state index >= 15 is 0 Å². The molecule has 0 saturated carbocycles. The van der Waals surface area contributed by atoms with Gasteiger partial charge in [-0.1, -0.05) is 237 Å². The molecule has 0 aliphatic heterocycles. The molecule has 0 bridgehead atoms. The van der Waals surface area contributed by atoms with Crippen molar-refractivity contribution in [3.05, 3.63) is 36.5 Å². The molecule has 368 valence electrons. The van der Waals surface area contributed by atoms with Crippen molar-refractivity contribution in [2.45, 2.75) is 297 Å². The quantitative estimate of drug-likeness (QED) is 0.0262. The van der Waals surface area contributed by atoms with Gasteiger partial charge in [0.15, 0.2) is 6.10 Å². The molecule has 0 rings (SSSR count). The van der Waals surface area contributed by atoms with Gasteiger partial charge in [0.25, 0.3) is 0 Å². The van der Waals surface area contributed by atoms with Crippen molar-refractivity contribution in [3.63, 3.8) is 0 Å². The van der Waals surface area contributed by atoms with E-state index in [0.717, 1.165) is 83.5 Å². The van der Waals surface area contributed by atoms with Gasteiger partial charge in [0, 0.05) is 19.3 Å². The van der Waals surface area contributed by atoms with E-state index in [1.54, 1.807) is 0 Å². The molecule has 0 spiro atoms. The molecule has 6 heteroatoms. The number of allylic oxidation sites excluding steroid dienone is 6. The minimum absolute atomic E-state index is 0.0783. The number of hydrogen-bond donors (Lipinski definition) is 0. The fourth-order valence-electron chi connectivity index (χ4n) is 7.93. The number of unbranched alkanes of at least 4 members (excludes halogenated alkanes) is 33. The third-order valence-corrected chi connectivity index (χ3v) is 12.1. The molecule has 0 amide bonds. The highest BCUT2D eigenvalue weighted by Gasteiger charge is 2.19. The van der Waals surface area contributed by atoms with E-state index in [-0.39, 0.29) is 31.1 Å². The lowest BCUT2D eigenvalue weighted by Gasteiger charge is -2.18. The average molecular weight is 885 g/mol. The molecule has 0 radical (unpaired) electrons. The van der Waals surface area contributed by atoms with E-state index in [1.165, 1.54) is 167 Å². The first-order valence-electron chi connectivity index (χ1n) is 27.5. The zero-order valence-corrected chi connectivity index (χ0v) is 42.1. The van der Waals surface area contributed by atoms with E-state index in [2.05, 4.69) is 57.2 Å². The Bertz CT molecular complexity index is 1060. The lowest BCUT2D eigenvalue weighted by atomic mass is 10.0. The molecule has 0 aromatic carbocycles. The molecule has 0 aliphatic rings. The van der Waals surface area contributed by atoms with Crippen molar-refractivity contribution in [2.24, 2.45) is 0 Å². The van der Waals surface area contributed by atoms with Crippen LogP contribution in [0, 0.1) is 0 Å². The fourth-order valence-corrected chi connectivity index (χ4v) is 7.93. The van der Waals surface area contributed by atoms with Crippen LogP contribution in [0.4, 0.5) is 0 Å².